The van der Waals surface area contributed by atoms with Crippen LogP contribution in [0, 0.1) is 0 Å². The number of hydrogen-bond donors (Lipinski definition) is 0. The highest BCUT2D eigenvalue weighted by Gasteiger charge is 2.38. The van der Waals surface area contributed by atoms with Gasteiger partial charge in [-0.05, 0) is 41.5 Å². The molecule has 0 fully saturated rings. The SMILES string of the molecule is COc1ccc(/C=C2\Oc3c(ccc4c3[C@@H](c3cnn(C)c3)CC(=O)O4)C2=O)cc1. The summed E-state index contributed by atoms with van der Waals surface area (Å²) in [5, 5.41) is 4.22. The largest absolute Gasteiger partial charge is 0.497 e. The molecule has 0 bridgehead atoms. The number of nitrogens with zero attached hydrogens (tertiary/aromatic N) is 2. The van der Waals surface area contributed by atoms with Crippen molar-refractivity contribution in [3.05, 3.63) is 76.8 Å². The van der Waals surface area contributed by atoms with Gasteiger partial charge in [-0.25, -0.2) is 0 Å². The highest BCUT2D eigenvalue weighted by molar-refractivity contribution is 6.15. The van der Waals surface area contributed by atoms with Gasteiger partial charge in [-0.1, -0.05) is 12.1 Å². The Kier molecular flexibility index (Phi) is 4.17. The molecule has 0 spiro atoms. The third kappa shape index (κ3) is 2.95. The van der Waals surface area contributed by atoms with Crippen LogP contribution in [0.1, 0.15) is 39.4 Å². The molecule has 1 atom stereocenters. The zero-order valence-electron chi connectivity index (χ0n) is 16.4. The van der Waals surface area contributed by atoms with Crippen LogP contribution >= 0.6 is 0 Å². The Morgan fingerprint density at radius 1 is 1.13 bits per heavy atom. The van der Waals surface area contributed by atoms with Crippen molar-refractivity contribution in [3.63, 3.8) is 0 Å². The molecule has 2 aromatic carbocycles. The molecule has 0 unspecified atom stereocenters. The first-order valence-corrected chi connectivity index (χ1v) is 9.48. The maximum atomic E-state index is 13.0. The van der Waals surface area contributed by atoms with Gasteiger partial charge in [-0.3, -0.25) is 14.3 Å². The molecular weight excluding hydrogens is 384 g/mol. The molecule has 0 N–H and O–H groups in total. The number of carbonyl (C=O) groups is 2. The van der Waals surface area contributed by atoms with Crippen LogP contribution in [0.25, 0.3) is 6.08 Å². The van der Waals surface area contributed by atoms with Crippen molar-refractivity contribution in [2.75, 3.05) is 7.11 Å². The molecule has 30 heavy (non-hydrogen) atoms. The van der Waals surface area contributed by atoms with E-state index in [1.807, 2.05) is 37.5 Å². The van der Waals surface area contributed by atoms with E-state index in [-0.39, 0.29) is 29.9 Å². The first kappa shape index (κ1) is 18.2. The predicted molar refractivity (Wildman–Crippen MR) is 108 cm³/mol. The normalized spacial score (nSPS) is 18.6. The number of rotatable bonds is 3. The van der Waals surface area contributed by atoms with Crippen LogP contribution in [0.3, 0.4) is 0 Å². The summed E-state index contributed by atoms with van der Waals surface area (Å²) in [6.07, 6.45) is 5.43. The second-order valence-electron chi connectivity index (χ2n) is 7.25. The van der Waals surface area contributed by atoms with Crippen molar-refractivity contribution in [2.45, 2.75) is 12.3 Å². The van der Waals surface area contributed by atoms with Gasteiger partial charge in [-0.15, -0.1) is 0 Å². The first-order valence-electron chi connectivity index (χ1n) is 9.48. The Bertz CT molecular complexity index is 1210. The molecule has 5 rings (SSSR count). The summed E-state index contributed by atoms with van der Waals surface area (Å²) in [5.41, 5.74) is 2.84. The Labute approximate surface area is 172 Å². The smallest absolute Gasteiger partial charge is 0.312 e. The molecule has 0 saturated heterocycles. The first-order chi connectivity index (χ1) is 14.5. The number of aryl methyl sites for hydroxylation is 1. The Balaban J connectivity index is 1.58. The minimum absolute atomic E-state index is 0.157. The van der Waals surface area contributed by atoms with E-state index in [1.54, 1.807) is 36.2 Å². The second-order valence-corrected chi connectivity index (χ2v) is 7.25. The Hall–Kier alpha value is -3.87. The summed E-state index contributed by atoms with van der Waals surface area (Å²) in [6, 6.07) is 10.6. The molecule has 3 aromatic rings. The molecule has 0 amide bonds. The lowest BCUT2D eigenvalue weighted by molar-refractivity contribution is -0.135. The minimum atomic E-state index is -0.324. The average molecular weight is 402 g/mol. The third-order valence-electron chi connectivity index (χ3n) is 5.32. The molecule has 0 saturated carbocycles. The number of Topliss-reactive ketones (excluding diaryl/α,β-unsaturated/α-hetero) is 1. The van der Waals surface area contributed by atoms with Crippen LogP contribution in [0.2, 0.25) is 0 Å². The zero-order valence-corrected chi connectivity index (χ0v) is 16.4. The van der Waals surface area contributed by atoms with Gasteiger partial charge in [0.15, 0.2) is 5.76 Å². The van der Waals surface area contributed by atoms with Crippen molar-refractivity contribution in [3.8, 4) is 17.2 Å². The number of allylic oxidation sites excluding steroid dienone is 1. The minimum Gasteiger partial charge on any atom is -0.497 e. The summed E-state index contributed by atoms with van der Waals surface area (Å²) in [6.45, 7) is 0. The third-order valence-corrected chi connectivity index (χ3v) is 5.32. The lowest BCUT2D eigenvalue weighted by Gasteiger charge is -2.25. The van der Waals surface area contributed by atoms with E-state index in [0.717, 1.165) is 16.9 Å². The van der Waals surface area contributed by atoms with Crippen LogP contribution in [0.4, 0.5) is 0 Å². The molecule has 3 heterocycles. The summed E-state index contributed by atoms with van der Waals surface area (Å²) in [5.74, 6) is 0.994. The fourth-order valence-electron chi connectivity index (χ4n) is 3.86. The standard InChI is InChI=1S/C23H18N2O5/c1-25-12-14(11-24-25)17-10-20(26)29-18-8-7-16-22(27)19(30-23(16)21(17)18)9-13-3-5-15(28-2)6-4-13/h3-9,11-12,17H,10H2,1-2H3/b19-9-/t17-/m1/s1. The van der Waals surface area contributed by atoms with Crippen molar-refractivity contribution in [1.82, 2.24) is 9.78 Å². The number of ether oxygens (including phenoxy) is 3. The maximum Gasteiger partial charge on any atom is 0.312 e. The van der Waals surface area contributed by atoms with E-state index >= 15 is 0 Å². The molecule has 150 valence electrons. The van der Waals surface area contributed by atoms with Crippen LogP contribution < -0.4 is 14.2 Å². The van der Waals surface area contributed by atoms with Crippen LogP contribution in [0.5, 0.6) is 17.2 Å². The van der Waals surface area contributed by atoms with E-state index < -0.39 is 0 Å². The summed E-state index contributed by atoms with van der Waals surface area (Å²) in [7, 11) is 3.42. The number of aromatic nitrogens is 2. The van der Waals surface area contributed by atoms with Gasteiger partial charge >= 0.3 is 5.97 Å². The fraction of sp³-hybridized carbons (Fsp3) is 0.174. The van der Waals surface area contributed by atoms with Crippen molar-refractivity contribution in [2.24, 2.45) is 7.05 Å². The second kappa shape index (κ2) is 6.88. The highest BCUT2D eigenvalue weighted by Crippen LogP contribution is 2.48. The van der Waals surface area contributed by atoms with E-state index in [9.17, 15) is 9.59 Å². The number of carbonyl (C=O) groups excluding carboxylic acids is 2. The summed E-state index contributed by atoms with van der Waals surface area (Å²) >= 11 is 0. The van der Waals surface area contributed by atoms with Gasteiger partial charge in [0, 0.05) is 24.7 Å². The number of esters is 1. The number of methoxy groups -OCH3 is 1. The van der Waals surface area contributed by atoms with Gasteiger partial charge in [0.1, 0.15) is 17.2 Å². The van der Waals surface area contributed by atoms with Gasteiger partial charge in [0.05, 0.1) is 25.3 Å². The maximum absolute atomic E-state index is 13.0. The summed E-state index contributed by atoms with van der Waals surface area (Å²) < 4.78 is 18.3. The van der Waals surface area contributed by atoms with E-state index in [1.165, 1.54) is 0 Å². The predicted octanol–water partition coefficient (Wildman–Crippen LogP) is 3.49. The fourth-order valence-corrected chi connectivity index (χ4v) is 3.86. The molecule has 2 aliphatic rings. The molecule has 7 nitrogen and oxygen atoms in total. The topological polar surface area (TPSA) is 79.7 Å². The molecule has 0 radical (unpaired) electrons. The molecule has 2 aliphatic heterocycles. The lowest BCUT2D eigenvalue weighted by atomic mass is 9.86. The lowest BCUT2D eigenvalue weighted by Crippen LogP contribution is -2.21. The van der Waals surface area contributed by atoms with E-state index in [0.29, 0.717) is 22.6 Å². The molecule has 7 heteroatoms. The monoisotopic (exact) mass is 402 g/mol. The van der Waals surface area contributed by atoms with Crippen molar-refractivity contribution >= 4 is 17.8 Å². The van der Waals surface area contributed by atoms with Gasteiger partial charge < -0.3 is 14.2 Å². The van der Waals surface area contributed by atoms with Crippen LogP contribution in [-0.2, 0) is 11.8 Å². The Morgan fingerprint density at radius 3 is 2.63 bits per heavy atom. The van der Waals surface area contributed by atoms with Gasteiger partial charge in [-0.2, -0.15) is 5.10 Å². The number of fused-ring (bicyclic) bond motifs is 3. The van der Waals surface area contributed by atoms with Crippen LogP contribution in [0.15, 0.2) is 54.6 Å². The van der Waals surface area contributed by atoms with Crippen LogP contribution in [-0.4, -0.2) is 28.6 Å². The number of ketones is 1. The molecule has 1 aromatic heterocycles. The average Bonchev–Trinajstić information content (AvgIpc) is 3.31. The van der Waals surface area contributed by atoms with E-state index in [4.69, 9.17) is 14.2 Å². The van der Waals surface area contributed by atoms with E-state index in [2.05, 4.69) is 5.10 Å². The molecule has 0 aliphatic carbocycles. The quantitative estimate of drug-likeness (QED) is 0.379. The summed E-state index contributed by atoms with van der Waals surface area (Å²) in [4.78, 5) is 25.1. The van der Waals surface area contributed by atoms with Gasteiger partial charge in [0.2, 0.25) is 5.78 Å². The van der Waals surface area contributed by atoms with Crippen molar-refractivity contribution < 1.29 is 23.8 Å². The number of hydrogen-bond acceptors (Lipinski definition) is 6. The Morgan fingerprint density at radius 2 is 1.93 bits per heavy atom. The highest BCUT2D eigenvalue weighted by atomic mass is 16.5. The van der Waals surface area contributed by atoms with Gasteiger partial charge in [0.25, 0.3) is 0 Å². The van der Waals surface area contributed by atoms with Crippen molar-refractivity contribution in [1.29, 1.82) is 0 Å². The number of benzene rings is 2. The molecular formula is C23H18N2O5. The zero-order chi connectivity index (χ0) is 20.8.